The van der Waals surface area contributed by atoms with Gasteiger partial charge in [0.15, 0.2) is 5.69 Å². The second-order valence-electron chi connectivity index (χ2n) is 7.29. The number of anilines is 2. The number of nitrogen functional groups attached to an aromatic ring is 1. The molecular formula is C20H21N7O. The number of rotatable bonds is 2. The van der Waals surface area contributed by atoms with Crippen molar-refractivity contribution in [2.24, 2.45) is 0 Å². The maximum absolute atomic E-state index is 12.8. The van der Waals surface area contributed by atoms with Gasteiger partial charge in [-0.1, -0.05) is 32.6 Å². The summed E-state index contributed by atoms with van der Waals surface area (Å²) in [4.78, 5) is 26.2. The molecule has 8 nitrogen and oxygen atoms in total. The van der Waals surface area contributed by atoms with Crippen molar-refractivity contribution < 1.29 is 4.79 Å². The molecule has 0 aliphatic carbocycles. The van der Waals surface area contributed by atoms with Crippen molar-refractivity contribution in [1.82, 2.24) is 25.1 Å². The number of nitrogens with two attached hydrogens (primary N) is 1. The monoisotopic (exact) mass is 375 g/mol. The first-order chi connectivity index (χ1) is 13.2. The maximum Gasteiger partial charge on any atom is 0.278 e. The number of nitrogens with one attached hydrogen (secondary N) is 1. The van der Waals surface area contributed by atoms with Crippen LogP contribution in [0.3, 0.4) is 0 Å². The van der Waals surface area contributed by atoms with Crippen LogP contribution < -0.4 is 10.6 Å². The fourth-order valence-corrected chi connectivity index (χ4v) is 2.33. The molecule has 3 heterocycles. The van der Waals surface area contributed by atoms with Crippen LogP contribution in [0.15, 0.2) is 36.9 Å². The molecule has 0 fully saturated rings. The molecule has 142 valence electrons. The molecule has 0 aromatic carbocycles. The quantitative estimate of drug-likeness (QED) is 0.664. The van der Waals surface area contributed by atoms with Crippen LogP contribution in [0.1, 0.15) is 48.1 Å². The summed E-state index contributed by atoms with van der Waals surface area (Å²) < 4.78 is 0. The number of aromatic nitrogens is 5. The molecule has 3 N–H and O–H groups in total. The summed E-state index contributed by atoms with van der Waals surface area (Å²) in [6, 6.07) is 3.56. The lowest BCUT2D eigenvalue weighted by Gasteiger charge is -2.16. The van der Waals surface area contributed by atoms with Crippen LogP contribution in [-0.4, -0.2) is 38.1 Å². The predicted octanol–water partition coefficient (Wildman–Crippen LogP) is 2.15. The molecule has 0 unspecified atom stereocenters. The highest BCUT2D eigenvalue weighted by molar-refractivity contribution is 6.04. The average Bonchev–Trinajstić information content (AvgIpc) is 3.17. The number of nitrogens with zero attached hydrogens (tertiary/aromatic N) is 5. The number of hydrogen-bond donors (Lipinski definition) is 2. The van der Waals surface area contributed by atoms with E-state index in [0.29, 0.717) is 22.5 Å². The molecule has 0 saturated carbocycles. The summed E-state index contributed by atoms with van der Waals surface area (Å²) in [7, 11) is 1.68. The van der Waals surface area contributed by atoms with E-state index in [-0.39, 0.29) is 17.3 Å². The molecule has 0 bridgehead atoms. The minimum atomic E-state index is -0.231. The van der Waals surface area contributed by atoms with E-state index in [4.69, 9.17) is 5.73 Å². The molecule has 8 heteroatoms. The number of H-pyrrole nitrogens is 1. The van der Waals surface area contributed by atoms with Crippen LogP contribution in [0, 0.1) is 11.8 Å². The molecular weight excluding hydrogens is 354 g/mol. The van der Waals surface area contributed by atoms with Crippen molar-refractivity contribution in [2.75, 3.05) is 17.7 Å². The van der Waals surface area contributed by atoms with Gasteiger partial charge in [0.25, 0.3) is 5.91 Å². The summed E-state index contributed by atoms with van der Waals surface area (Å²) in [5, 5.41) is 7.08. The van der Waals surface area contributed by atoms with Crippen molar-refractivity contribution in [3.8, 4) is 11.8 Å². The van der Waals surface area contributed by atoms with Gasteiger partial charge in [-0.25, -0.2) is 9.97 Å². The van der Waals surface area contributed by atoms with Crippen LogP contribution in [0.4, 0.5) is 11.6 Å². The Morgan fingerprint density at radius 3 is 2.39 bits per heavy atom. The second kappa shape index (κ2) is 7.48. The van der Waals surface area contributed by atoms with Gasteiger partial charge >= 0.3 is 0 Å². The molecule has 0 atom stereocenters. The summed E-state index contributed by atoms with van der Waals surface area (Å²) in [5.74, 6) is 5.89. The normalized spacial score (nSPS) is 10.9. The van der Waals surface area contributed by atoms with E-state index in [1.807, 2.05) is 0 Å². The van der Waals surface area contributed by atoms with Crippen molar-refractivity contribution in [2.45, 2.75) is 26.2 Å². The van der Waals surface area contributed by atoms with Crippen molar-refractivity contribution in [3.63, 3.8) is 0 Å². The highest BCUT2D eigenvalue weighted by Gasteiger charge is 2.22. The Kier molecular flexibility index (Phi) is 5.09. The predicted molar refractivity (Wildman–Crippen MR) is 107 cm³/mol. The van der Waals surface area contributed by atoms with Gasteiger partial charge in [-0.3, -0.25) is 14.9 Å². The van der Waals surface area contributed by atoms with E-state index >= 15 is 0 Å². The van der Waals surface area contributed by atoms with E-state index in [2.05, 4.69) is 57.8 Å². The Bertz CT molecular complexity index is 1050. The maximum atomic E-state index is 12.8. The number of hydrogen-bond acceptors (Lipinski definition) is 6. The van der Waals surface area contributed by atoms with E-state index in [9.17, 15) is 4.79 Å². The standard InChI is InChI=1S/C20H21N7O/c1-20(2,3)17-8-16(25-26-17)18(28)27(4)15-7-13(9-22-12-15)5-6-14-10-23-19(21)24-11-14/h7-12H,1-4H3,(H,25,26)(H2,21,23,24). The third-order valence-corrected chi connectivity index (χ3v) is 4.04. The summed E-state index contributed by atoms with van der Waals surface area (Å²) in [5.41, 5.74) is 8.50. The second-order valence-corrected chi connectivity index (χ2v) is 7.29. The van der Waals surface area contributed by atoms with Gasteiger partial charge in [-0.2, -0.15) is 5.10 Å². The van der Waals surface area contributed by atoms with Gasteiger partial charge in [0.1, 0.15) is 0 Å². The third-order valence-electron chi connectivity index (χ3n) is 4.04. The summed E-state index contributed by atoms with van der Waals surface area (Å²) in [6.07, 6.45) is 6.32. The molecule has 3 aromatic heterocycles. The number of carbonyl (C=O) groups is 1. The van der Waals surface area contributed by atoms with Crippen LogP contribution in [-0.2, 0) is 5.41 Å². The Hall–Kier alpha value is -3.73. The van der Waals surface area contributed by atoms with Crippen molar-refractivity contribution in [1.29, 1.82) is 0 Å². The fourth-order valence-electron chi connectivity index (χ4n) is 2.33. The van der Waals surface area contributed by atoms with Gasteiger partial charge < -0.3 is 10.6 Å². The number of pyridine rings is 1. The van der Waals surface area contributed by atoms with Crippen LogP contribution >= 0.6 is 0 Å². The smallest absolute Gasteiger partial charge is 0.278 e. The first-order valence-corrected chi connectivity index (χ1v) is 8.62. The first kappa shape index (κ1) is 19.0. The average molecular weight is 375 g/mol. The molecule has 0 aliphatic rings. The van der Waals surface area contributed by atoms with Gasteiger partial charge in [0.2, 0.25) is 5.95 Å². The minimum Gasteiger partial charge on any atom is -0.368 e. The van der Waals surface area contributed by atoms with Gasteiger partial charge in [0, 0.05) is 42.3 Å². The SMILES string of the molecule is CN(C(=O)c1cc(C(C)(C)C)[nH]n1)c1cncc(C#Cc2cnc(N)nc2)c1. The molecule has 3 rings (SSSR count). The lowest BCUT2D eigenvalue weighted by molar-refractivity contribution is 0.0988. The first-order valence-electron chi connectivity index (χ1n) is 8.62. The molecule has 0 radical (unpaired) electrons. The highest BCUT2D eigenvalue weighted by Crippen LogP contribution is 2.22. The molecule has 0 aliphatic heterocycles. The number of carbonyl (C=O) groups excluding carboxylic acids is 1. The van der Waals surface area contributed by atoms with E-state index in [1.165, 1.54) is 4.90 Å². The zero-order chi connectivity index (χ0) is 20.3. The zero-order valence-corrected chi connectivity index (χ0v) is 16.2. The molecule has 28 heavy (non-hydrogen) atoms. The lowest BCUT2D eigenvalue weighted by Crippen LogP contribution is -2.26. The molecule has 1 amide bonds. The van der Waals surface area contributed by atoms with Gasteiger partial charge in [-0.15, -0.1) is 0 Å². The van der Waals surface area contributed by atoms with Crippen molar-refractivity contribution >= 4 is 17.5 Å². The summed E-state index contributed by atoms with van der Waals surface area (Å²) >= 11 is 0. The van der Waals surface area contributed by atoms with Crippen LogP contribution in [0.2, 0.25) is 0 Å². The van der Waals surface area contributed by atoms with Crippen molar-refractivity contribution in [3.05, 3.63) is 59.4 Å². The zero-order valence-electron chi connectivity index (χ0n) is 16.2. The molecule has 3 aromatic rings. The molecule has 0 saturated heterocycles. The van der Waals surface area contributed by atoms with E-state index in [1.54, 1.807) is 44.0 Å². The van der Waals surface area contributed by atoms with Crippen LogP contribution in [0.25, 0.3) is 0 Å². The Labute approximate surface area is 163 Å². The number of amides is 1. The Balaban J connectivity index is 1.80. The van der Waals surface area contributed by atoms with Gasteiger partial charge in [-0.05, 0) is 12.1 Å². The van der Waals surface area contributed by atoms with E-state index in [0.717, 1.165) is 5.69 Å². The summed E-state index contributed by atoms with van der Waals surface area (Å²) in [6.45, 7) is 6.16. The third kappa shape index (κ3) is 4.32. The number of aromatic amines is 1. The minimum absolute atomic E-state index is 0.118. The Morgan fingerprint density at radius 2 is 1.75 bits per heavy atom. The molecule has 0 spiro atoms. The van der Waals surface area contributed by atoms with Crippen LogP contribution in [0.5, 0.6) is 0 Å². The largest absolute Gasteiger partial charge is 0.368 e. The highest BCUT2D eigenvalue weighted by atomic mass is 16.2. The fraction of sp³-hybridized carbons (Fsp3) is 0.250. The van der Waals surface area contributed by atoms with E-state index < -0.39 is 0 Å². The Morgan fingerprint density at radius 1 is 1.07 bits per heavy atom. The lowest BCUT2D eigenvalue weighted by atomic mass is 9.92. The van der Waals surface area contributed by atoms with Gasteiger partial charge in [0.05, 0.1) is 17.4 Å². The topological polar surface area (TPSA) is 114 Å².